The van der Waals surface area contributed by atoms with Gasteiger partial charge in [0, 0.05) is 15.6 Å². The second-order valence-corrected chi connectivity index (χ2v) is 5.44. The number of hydrogen-bond donors (Lipinski definition) is 0. The number of hydrogen-bond acceptors (Lipinski definition) is 2. The maximum absolute atomic E-state index is 12.5. The summed E-state index contributed by atoms with van der Waals surface area (Å²) in [5.41, 5.74) is 1.55. The molecule has 94 valence electrons. The molecular weight excluding hydrogens is 349 g/mol. The molecule has 0 aliphatic heterocycles. The van der Waals surface area contributed by atoms with Gasteiger partial charge in [-0.3, -0.25) is 4.79 Å². The lowest BCUT2D eigenvalue weighted by Crippen LogP contribution is -2.12. The largest absolute Gasteiger partial charge is 0.293 e. The Bertz CT molecular complexity index is 599. The maximum Gasteiger partial charge on any atom is 0.171 e. The van der Waals surface area contributed by atoms with Crippen molar-refractivity contribution in [3.05, 3.63) is 69.3 Å². The van der Waals surface area contributed by atoms with Crippen molar-refractivity contribution in [1.29, 1.82) is 5.26 Å². The van der Waals surface area contributed by atoms with E-state index in [1.807, 2.05) is 54.6 Å². The Morgan fingerprint density at radius 1 is 1.11 bits per heavy atom. The Morgan fingerprint density at radius 2 is 1.74 bits per heavy atom. The molecule has 0 bridgehead atoms. The van der Waals surface area contributed by atoms with Gasteiger partial charge >= 0.3 is 0 Å². The molecule has 0 heterocycles. The lowest BCUT2D eigenvalue weighted by Gasteiger charge is -2.13. The number of carbonyl (C=O) groups is 1. The molecule has 0 saturated heterocycles. The summed E-state index contributed by atoms with van der Waals surface area (Å²) in [5, 5.41) is 8.93. The number of rotatable bonds is 4. The van der Waals surface area contributed by atoms with Crippen LogP contribution in [-0.4, -0.2) is 5.78 Å². The van der Waals surface area contributed by atoms with Crippen molar-refractivity contribution in [2.75, 3.05) is 0 Å². The Kier molecular flexibility index (Phi) is 4.69. The summed E-state index contributed by atoms with van der Waals surface area (Å²) in [5.74, 6) is -0.379. The molecule has 1 unspecified atom stereocenters. The minimum atomic E-state index is -0.383. The van der Waals surface area contributed by atoms with Crippen molar-refractivity contribution in [3.63, 3.8) is 0 Å². The van der Waals surface area contributed by atoms with E-state index in [0.29, 0.717) is 5.56 Å². The summed E-state index contributed by atoms with van der Waals surface area (Å²) in [4.78, 5) is 12.5. The molecule has 0 aromatic heterocycles. The fourth-order valence-corrected chi connectivity index (χ4v) is 2.31. The second kappa shape index (κ2) is 6.48. The van der Waals surface area contributed by atoms with Crippen molar-refractivity contribution in [1.82, 2.24) is 0 Å². The van der Waals surface area contributed by atoms with E-state index in [-0.39, 0.29) is 18.1 Å². The van der Waals surface area contributed by atoms with Crippen LogP contribution < -0.4 is 0 Å². The minimum absolute atomic E-state index is 0.00384. The van der Waals surface area contributed by atoms with E-state index in [1.165, 1.54) is 0 Å². The van der Waals surface area contributed by atoms with E-state index in [2.05, 4.69) is 28.7 Å². The lowest BCUT2D eigenvalue weighted by molar-refractivity contribution is 0.0960. The first-order valence-corrected chi connectivity index (χ1v) is 7.02. The molecule has 2 rings (SSSR count). The zero-order valence-corrected chi connectivity index (χ0v) is 12.4. The molecule has 0 aliphatic carbocycles. The first kappa shape index (κ1) is 13.8. The van der Waals surface area contributed by atoms with Gasteiger partial charge in [-0.1, -0.05) is 42.5 Å². The van der Waals surface area contributed by atoms with Crippen LogP contribution in [0.4, 0.5) is 0 Å². The topological polar surface area (TPSA) is 40.9 Å². The van der Waals surface area contributed by atoms with E-state index < -0.39 is 0 Å². The average Bonchev–Trinajstić information content (AvgIpc) is 2.46. The summed E-state index contributed by atoms with van der Waals surface area (Å²) >= 11 is 2.20. The van der Waals surface area contributed by atoms with Crippen molar-refractivity contribution < 1.29 is 4.79 Å². The van der Waals surface area contributed by atoms with E-state index in [1.54, 1.807) is 0 Å². The van der Waals surface area contributed by atoms with Gasteiger partial charge in [0.2, 0.25) is 0 Å². The molecule has 2 aromatic rings. The highest BCUT2D eigenvalue weighted by Gasteiger charge is 2.21. The predicted molar refractivity (Wildman–Crippen MR) is 82.9 cm³/mol. The number of Topliss-reactive ketones (excluding diaryl/α,β-unsaturated/α-hetero) is 1. The van der Waals surface area contributed by atoms with Crippen molar-refractivity contribution in [2.24, 2.45) is 0 Å². The third-order valence-electron chi connectivity index (χ3n) is 2.94. The minimum Gasteiger partial charge on any atom is -0.293 e. The fourth-order valence-electron chi connectivity index (χ4n) is 1.95. The van der Waals surface area contributed by atoms with Gasteiger partial charge in [0.1, 0.15) is 0 Å². The molecule has 19 heavy (non-hydrogen) atoms. The quantitative estimate of drug-likeness (QED) is 0.606. The van der Waals surface area contributed by atoms with Crippen molar-refractivity contribution in [2.45, 2.75) is 12.3 Å². The van der Waals surface area contributed by atoms with Gasteiger partial charge in [-0.2, -0.15) is 5.26 Å². The van der Waals surface area contributed by atoms with Crippen LogP contribution in [0, 0.1) is 14.9 Å². The number of nitriles is 1. The van der Waals surface area contributed by atoms with E-state index >= 15 is 0 Å². The first-order chi connectivity index (χ1) is 9.22. The number of benzene rings is 2. The summed E-state index contributed by atoms with van der Waals surface area (Å²) in [6.45, 7) is 0. The first-order valence-electron chi connectivity index (χ1n) is 5.94. The van der Waals surface area contributed by atoms with E-state index in [9.17, 15) is 4.79 Å². The number of ketones is 1. The van der Waals surface area contributed by atoms with Crippen LogP contribution in [0.3, 0.4) is 0 Å². The van der Waals surface area contributed by atoms with Gasteiger partial charge in [-0.15, -0.1) is 0 Å². The van der Waals surface area contributed by atoms with E-state index in [4.69, 9.17) is 5.26 Å². The third kappa shape index (κ3) is 3.42. The molecule has 0 radical (unpaired) electrons. The molecule has 0 saturated carbocycles. The molecule has 0 spiro atoms. The molecule has 1 atom stereocenters. The SMILES string of the molecule is N#CCC(C(=O)c1ccc(I)cc1)c1ccccc1. The Balaban J connectivity index is 2.32. The zero-order chi connectivity index (χ0) is 13.7. The number of nitrogens with zero attached hydrogens (tertiary/aromatic N) is 1. The molecule has 0 N–H and O–H groups in total. The van der Waals surface area contributed by atoms with Crippen LogP contribution >= 0.6 is 22.6 Å². The monoisotopic (exact) mass is 361 g/mol. The van der Waals surface area contributed by atoms with Gasteiger partial charge in [-0.05, 0) is 40.3 Å². The smallest absolute Gasteiger partial charge is 0.171 e. The molecule has 0 aliphatic rings. The summed E-state index contributed by atoms with van der Waals surface area (Å²) < 4.78 is 1.09. The van der Waals surface area contributed by atoms with Gasteiger partial charge in [-0.25, -0.2) is 0 Å². The highest BCUT2D eigenvalue weighted by Crippen LogP contribution is 2.24. The summed E-state index contributed by atoms with van der Waals surface area (Å²) in [6, 6.07) is 19.0. The molecule has 0 fully saturated rings. The second-order valence-electron chi connectivity index (χ2n) is 4.20. The molecule has 3 heteroatoms. The lowest BCUT2D eigenvalue weighted by atomic mass is 9.88. The van der Waals surface area contributed by atoms with Crippen molar-refractivity contribution in [3.8, 4) is 6.07 Å². The Labute approximate surface area is 126 Å². The maximum atomic E-state index is 12.5. The summed E-state index contributed by atoms with van der Waals surface area (Å²) in [6.07, 6.45) is 0.203. The number of carbonyl (C=O) groups excluding carboxylic acids is 1. The van der Waals surface area contributed by atoms with Gasteiger partial charge in [0.05, 0.1) is 12.0 Å². The van der Waals surface area contributed by atoms with Crippen LogP contribution in [0.2, 0.25) is 0 Å². The number of halogens is 1. The molecule has 2 nitrogen and oxygen atoms in total. The van der Waals surface area contributed by atoms with Crippen LogP contribution in [0.15, 0.2) is 54.6 Å². The summed E-state index contributed by atoms with van der Waals surface area (Å²) in [7, 11) is 0. The zero-order valence-electron chi connectivity index (χ0n) is 10.2. The van der Waals surface area contributed by atoms with Gasteiger partial charge in [0.15, 0.2) is 5.78 Å². The third-order valence-corrected chi connectivity index (χ3v) is 3.66. The highest BCUT2D eigenvalue weighted by atomic mass is 127. The molecule has 0 amide bonds. The van der Waals surface area contributed by atoms with Gasteiger partial charge < -0.3 is 0 Å². The van der Waals surface area contributed by atoms with Crippen LogP contribution in [0.1, 0.15) is 28.3 Å². The van der Waals surface area contributed by atoms with Crippen molar-refractivity contribution >= 4 is 28.4 Å². The average molecular weight is 361 g/mol. The Hall–Kier alpha value is -1.67. The standard InChI is InChI=1S/C16H12INO/c17-14-8-6-13(7-9-14)16(19)15(10-11-18)12-4-2-1-3-5-12/h1-9,15H,10H2. The normalized spacial score (nSPS) is 11.6. The van der Waals surface area contributed by atoms with Crippen LogP contribution in [0.5, 0.6) is 0 Å². The highest BCUT2D eigenvalue weighted by molar-refractivity contribution is 14.1. The molecular formula is C16H12INO. The Morgan fingerprint density at radius 3 is 2.32 bits per heavy atom. The van der Waals surface area contributed by atoms with E-state index in [0.717, 1.165) is 9.13 Å². The van der Waals surface area contributed by atoms with Gasteiger partial charge in [0.25, 0.3) is 0 Å². The van der Waals surface area contributed by atoms with Crippen LogP contribution in [-0.2, 0) is 0 Å². The fraction of sp³-hybridized carbons (Fsp3) is 0.125. The predicted octanol–water partition coefficient (Wildman–Crippen LogP) is 4.17. The molecule has 2 aromatic carbocycles. The van der Waals surface area contributed by atoms with Crippen LogP contribution in [0.25, 0.3) is 0 Å².